The molecule has 1 saturated heterocycles. The lowest BCUT2D eigenvalue weighted by molar-refractivity contribution is 0.146. The molecule has 122 valence electrons. The minimum Gasteiger partial charge on any atom is -0.485 e. The molecule has 1 aliphatic rings. The summed E-state index contributed by atoms with van der Waals surface area (Å²) < 4.78 is 6.55. The van der Waals surface area contributed by atoms with Gasteiger partial charge in [0.25, 0.3) is 0 Å². The second kappa shape index (κ2) is 6.84. The van der Waals surface area contributed by atoms with Crippen molar-refractivity contribution >= 4 is 22.4 Å². The highest BCUT2D eigenvalue weighted by atomic mass is 35.5. The van der Waals surface area contributed by atoms with Crippen LogP contribution in [-0.4, -0.2) is 13.1 Å². The fraction of sp³-hybridized carbons (Fsp3) is 0.238. The number of fused-ring (bicyclic) bond motifs is 1. The summed E-state index contributed by atoms with van der Waals surface area (Å²) in [5.41, 5.74) is 1.14. The first kappa shape index (κ1) is 15.5. The molecule has 3 aromatic carbocycles. The Hall–Kier alpha value is -2.03. The van der Waals surface area contributed by atoms with Crippen LogP contribution in [0.4, 0.5) is 0 Å². The van der Waals surface area contributed by atoms with Crippen molar-refractivity contribution in [2.45, 2.75) is 12.5 Å². The van der Waals surface area contributed by atoms with Gasteiger partial charge in [0.15, 0.2) is 0 Å². The van der Waals surface area contributed by atoms with Crippen LogP contribution >= 0.6 is 11.6 Å². The van der Waals surface area contributed by atoms with Crippen LogP contribution in [0.1, 0.15) is 18.1 Å². The quantitative estimate of drug-likeness (QED) is 0.704. The van der Waals surface area contributed by atoms with Gasteiger partial charge in [0.1, 0.15) is 11.9 Å². The zero-order chi connectivity index (χ0) is 16.4. The number of hydrogen-bond acceptors (Lipinski definition) is 2. The van der Waals surface area contributed by atoms with Gasteiger partial charge in [-0.3, -0.25) is 0 Å². The molecule has 1 N–H and O–H groups in total. The van der Waals surface area contributed by atoms with Gasteiger partial charge in [-0.2, -0.15) is 0 Å². The van der Waals surface area contributed by atoms with E-state index in [9.17, 15) is 0 Å². The third-order valence-electron chi connectivity index (χ3n) is 4.71. The summed E-state index contributed by atoms with van der Waals surface area (Å²) in [5.74, 6) is 1.38. The van der Waals surface area contributed by atoms with Gasteiger partial charge in [-0.05, 0) is 42.1 Å². The number of rotatable bonds is 4. The van der Waals surface area contributed by atoms with E-state index in [0.29, 0.717) is 5.92 Å². The van der Waals surface area contributed by atoms with Crippen LogP contribution in [-0.2, 0) is 0 Å². The molecule has 2 atom stereocenters. The molecule has 1 heterocycles. The number of hydrogen-bond donors (Lipinski definition) is 1. The summed E-state index contributed by atoms with van der Waals surface area (Å²) in [5, 5.41) is 6.55. The molecule has 2 nitrogen and oxygen atoms in total. The zero-order valence-corrected chi connectivity index (χ0v) is 14.2. The lowest BCUT2D eigenvalue weighted by Crippen LogP contribution is -2.21. The Morgan fingerprint density at radius 2 is 1.83 bits per heavy atom. The normalized spacial score (nSPS) is 18.6. The van der Waals surface area contributed by atoms with Crippen molar-refractivity contribution in [2.24, 2.45) is 5.92 Å². The first-order chi connectivity index (χ1) is 11.8. The summed E-state index contributed by atoms with van der Waals surface area (Å²) >= 11 is 6.22. The van der Waals surface area contributed by atoms with E-state index in [4.69, 9.17) is 16.3 Å². The van der Waals surface area contributed by atoms with E-state index >= 15 is 0 Å². The van der Waals surface area contributed by atoms with Crippen molar-refractivity contribution < 1.29 is 4.74 Å². The van der Waals surface area contributed by atoms with Gasteiger partial charge in [0.05, 0.1) is 0 Å². The van der Waals surface area contributed by atoms with Crippen LogP contribution in [0.3, 0.4) is 0 Å². The van der Waals surface area contributed by atoms with E-state index in [1.54, 1.807) is 0 Å². The lowest BCUT2D eigenvalue weighted by atomic mass is 9.94. The maximum absolute atomic E-state index is 6.55. The summed E-state index contributed by atoms with van der Waals surface area (Å²) in [7, 11) is 0. The van der Waals surface area contributed by atoms with Gasteiger partial charge in [-0.1, -0.05) is 60.1 Å². The monoisotopic (exact) mass is 337 g/mol. The molecule has 0 saturated carbocycles. The molecule has 0 amide bonds. The maximum Gasteiger partial charge on any atom is 0.128 e. The van der Waals surface area contributed by atoms with Gasteiger partial charge < -0.3 is 10.1 Å². The van der Waals surface area contributed by atoms with Gasteiger partial charge in [0.2, 0.25) is 0 Å². The first-order valence-electron chi connectivity index (χ1n) is 8.42. The highest BCUT2D eigenvalue weighted by Gasteiger charge is 2.28. The van der Waals surface area contributed by atoms with E-state index in [1.165, 1.54) is 5.39 Å². The lowest BCUT2D eigenvalue weighted by Gasteiger charge is -2.26. The Balaban J connectivity index is 1.73. The Labute approximate surface area is 147 Å². The van der Waals surface area contributed by atoms with Crippen molar-refractivity contribution in [3.63, 3.8) is 0 Å². The summed E-state index contributed by atoms with van der Waals surface area (Å²) in [4.78, 5) is 0. The largest absolute Gasteiger partial charge is 0.485 e. The molecule has 0 aliphatic carbocycles. The standard InChI is InChI=1S/C21H20ClNO/c22-18-8-3-7-16(13-18)21(17-11-12-23-14-17)24-20-10-4-6-15-5-1-2-9-19(15)20/h1-10,13,17,21,23H,11-12,14H2. The van der Waals surface area contributed by atoms with Crippen LogP contribution in [0.15, 0.2) is 66.7 Å². The van der Waals surface area contributed by atoms with Crippen LogP contribution in [0, 0.1) is 5.92 Å². The van der Waals surface area contributed by atoms with E-state index in [2.05, 4.69) is 53.8 Å². The van der Waals surface area contributed by atoms with Crippen molar-refractivity contribution in [3.8, 4) is 5.75 Å². The second-order valence-electron chi connectivity index (χ2n) is 6.32. The molecule has 3 aromatic rings. The number of benzene rings is 3. The number of nitrogens with one attached hydrogen (secondary N) is 1. The molecule has 0 bridgehead atoms. The Morgan fingerprint density at radius 1 is 1.00 bits per heavy atom. The van der Waals surface area contributed by atoms with Crippen molar-refractivity contribution in [2.75, 3.05) is 13.1 Å². The van der Waals surface area contributed by atoms with Crippen molar-refractivity contribution in [1.82, 2.24) is 5.32 Å². The molecular weight excluding hydrogens is 318 g/mol. The number of halogens is 1. The average Bonchev–Trinajstić information content (AvgIpc) is 3.14. The van der Waals surface area contributed by atoms with Crippen molar-refractivity contribution in [3.05, 3.63) is 77.3 Å². The minimum absolute atomic E-state index is 0.00417. The summed E-state index contributed by atoms with van der Waals surface area (Å²) in [6.07, 6.45) is 1.12. The van der Waals surface area contributed by atoms with Crippen molar-refractivity contribution in [1.29, 1.82) is 0 Å². The Morgan fingerprint density at radius 3 is 2.67 bits per heavy atom. The highest BCUT2D eigenvalue weighted by molar-refractivity contribution is 6.30. The minimum atomic E-state index is 0.00417. The smallest absolute Gasteiger partial charge is 0.128 e. The Bertz CT molecular complexity index is 837. The van der Waals surface area contributed by atoms with Crippen LogP contribution in [0.25, 0.3) is 10.8 Å². The fourth-order valence-corrected chi connectivity index (χ4v) is 3.69. The maximum atomic E-state index is 6.55. The second-order valence-corrected chi connectivity index (χ2v) is 6.76. The molecule has 24 heavy (non-hydrogen) atoms. The van der Waals surface area contributed by atoms with E-state index < -0.39 is 0 Å². The third-order valence-corrected chi connectivity index (χ3v) is 4.94. The SMILES string of the molecule is Clc1cccc(C(Oc2cccc3ccccc23)C2CCNC2)c1. The molecule has 2 unspecified atom stereocenters. The summed E-state index contributed by atoms with van der Waals surface area (Å²) in [6, 6.07) is 22.6. The predicted molar refractivity (Wildman–Crippen MR) is 99.7 cm³/mol. The highest BCUT2D eigenvalue weighted by Crippen LogP contribution is 2.36. The molecule has 4 rings (SSSR count). The molecule has 1 aliphatic heterocycles. The van der Waals surface area contributed by atoms with Gasteiger partial charge in [-0.15, -0.1) is 0 Å². The Kier molecular flexibility index (Phi) is 4.42. The molecule has 0 radical (unpaired) electrons. The first-order valence-corrected chi connectivity index (χ1v) is 8.80. The molecule has 3 heteroatoms. The topological polar surface area (TPSA) is 21.3 Å². The van der Waals surface area contributed by atoms with Crippen LogP contribution < -0.4 is 10.1 Å². The number of ether oxygens (including phenoxy) is 1. The van der Waals surface area contributed by atoms with E-state index in [-0.39, 0.29) is 6.10 Å². The van der Waals surface area contributed by atoms with Gasteiger partial charge in [-0.25, -0.2) is 0 Å². The molecular formula is C21H20ClNO. The average molecular weight is 338 g/mol. The molecule has 1 fully saturated rings. The predicted octanol–water partition coefficient (Wildman–Crippen LogP) is 5.22. The van der Waals surface area contributed by atoms with Crippen LogP contribution in [0.5, 0.6) is 5.75 Å². The van der Waals surface area contributed by atoms with Gasteiger partial charge in [0, 0.05) is 22.9 Å². The third kappa shape index (κ3) is 3.12. The van der Waals surface area contributed by atoms with Crippen LogP contribution in [0.2, 0.25) is 5.02 Å². The van der Waals surface area contributed by atoms with Gasteiger partial charge >= 0.3 is 0 Å². The zero-order valence-electron chi connectivity index (χ0n) is 13.4. The molecule has 0 aromatic heterocycles. The van der Waals surface area contributed by atoms with E-state index in [0.717, 1.165) is 41.2 Å². The fourth-order valence-electron chi connectivity index (χ4n) is 3.49. The van der Waals surface area contributed by atoms with E-state index in [1.807, 2.05) is 18.2 Å². The molecule has 0 spiro atoms. The summed E-state index contributed by atoms with van der Waals surface area (Å²) in [6.45, 7) is 2.02.